The van der Waals surface area contributed by atoms with Crippen LogP contribution in [0.25, 0.3) is 0 Å². The van der Waals surface area contributed by atoms with Crippen LogP contribution in [0.1, 0.15) is 50.0 Å². The highest BCUT2D eigenvalue weighted by atomic mass is 16.5. The quantitative estimate of drug-likeness (QED) is 0.906. The number of nitrogens with zero attached hydrogens (tertiary/aromatic N) is 2. The van der Waals surface area contributed by atoms with Crippen molar-refractivity contribution in [3.05, 3.63) is 17.7 Å². The Labute approximate surface area is 115 Å². The van der Waals surface area contributed by atoms with Crippen LogP contribution in [0.5, 0.6) is 0 Å². The van der Waals surface area contributed by atoms with E-state index in [1.54, 1.807) is 0 Å². The smallest absolute Gasteiger partial charge is 0.105 e. The van der Waals surface area contributed by atoms with E-state index >= 15 is 0 Å². The summed E-state index contributed by atoms with van der Waals surface area (Å²) < 4.78 is 8.72. The zero-order valence-electron chi connectivity index (χ0n) is 12.1. The van der Waals surface area contributed by atoms with Crippen molar-refractivity contribution in [2.45, 2.75) is 70.2 Å². The third-order valence-corrected chi connectivity index (χ3v) is 4.74. The molecule has 3 rings (SSSR count). The fourth-order valence-electron chi connectivity index (χ4n) is 3.70. The molecule has 1 N–H and O–H groups in total. The number of aromatic nitrogens is 2. The van der Waals surface area contributed by atoms with Crippen LogP contribution in [0.3, 0.4) is 0 Å². The van der Waals surface area contributed by atoms with E-state index in [1.165, 1.54) is 44.2 Å². The highest BCUT2D eigenvalue weighted by Crippen LogP contribution is 2.43. The Morgan fingerprint density at radius 3 is 2.95 bits per heavy atom. The minimum atomic E-state index is 0.238. The van der Waals surface area contributed by atoms with Crippen LogP contribution in [0, 0.1) is 6.92 Å². The fraction of sp³-hybridized carbons (Fsp3) is 0.800. The number of imidazole rings is 1. The van der Waals surface area contributed by atoms with Crippen LogP contribution in [0.15, 0.2) is 6.20 Å². The molecular weight excluding hydrogens is 238 g/mol. The number of aryl methyl sites for hydroxylation is 1. The van der Waals surface area contributed by atoms with E-state index in [1.807, 2.05) is 13.2 Å². The molecule has 106 valence electrons. The monoisotopic (exact) mass is 263 g/mol. The maximum absolute atomic E-state index is 6.40. The van der Waals surface area contributed by atoms with Gasteiger partial charge in [-0.1, -0.05) is 12.8 Å². The molecule has 2 fully saturated rings. The van der Waals surface area contributed by atoms with Crippen molar-refractivity contribution in [2.75, 3.05) is 7.05 Å². The van der Waals surface area contributed by atoms with E-state index in [9.17, 15) is 0 Å². The first-order chi connectivity index (χ1) is 9.22. The fourth-order valence-corrected chi connectivity index (χ4v) is 3.70. The summed E-state index contributed by atoms with van der Waals surface area (Å²) in [7, 11) is 1.98. The molecule has 1 aliphatic carbocycles. The Kier molecular flexibility index (Phi) is 3.63. The van der Waals surface area contributed by atoms with E-state index in [0.29, 0.717) is 6.10 Å². The normalized spacial score (nSPS) is 25.5. The summed E-state index contributed by atoms with van der Waals surface area (Å²) in [6.07, 6.45) is 10.1. The second kappa shape index (κ2) is 5.25. The lowest BCUT2D eigenvalue weighted by atomic mass is 9.98. The Hall–Kier alpha value is -0.870. The molecular formula is C15H25N3O. The molecule has 1 saturated heterocycles. The van der Waals surface area contributed by atoms with Gasteiger partial charge in [-0.15, -0.1) is 0 Å². The van der Waals surface area contributed by atoms with E-state index < -0.39 is 0 Å². The summed E-state index contributed by atoms with van der Waals surface area (Å²) in [5, 5.41) is 3.21. The van der Waals surface area contributed by atoms with Gasteiger partial charge in [0.15, 0.2) is 0 Å². The van der Waals surface area contributed by atoms with E-state index in [2.05, 4.69) is 21.8 Å². The van der Waals surface area contributed by atoms with Crippen molar-refractivity contribution in [1.29, 1.82) is 0 Å². The summed E-state index contributed by atoms with van der Waals surface area (Å²) in [6.45, 7) is 3.92. The lowest BCUT2D eigenvalue weighted by Gasteiger charge is -2.24. The minimum absolute atomic E-state index is 0.238. The Balaban J connectivity index is 1.67. The molecule has 1 saturated carbocycles. The summed E-state index contributed by atoms with van der Waals surface area (Å²) in [5.41, 5.74) is 1.50. The number of hydrogen-bond acceptors (Lipinski definition) is 3. The van der Waals surface area contributed by atoms with Gasteiger partial charge in [-0.3, -0.25) is 0 Å². The van der Waals surface area contributed by atoms with E-state index in [-0.39, 0.29) is 5.60 Å². The summed E-state index contributed by atoms with van der Waals surface area (Å²) in [6, 6.07) is 0. The van der Waals surface area contributed by atoms with Gasteiger partial charge >= 0.3 is 0 Å². The third-order valence-electron chi connectivity index (χ3n) is 4.74. The van der Waals surface area contributed by atoms with Crippen molar-refractivity contribution in [2.24, 2.45) is 0 Å². The first-order valence-electron chi connectivity index (χ1n) is 7.56. The largest absolute Gasteiger partial charge is 0.370 e. The Morgan fingerprint density at radius 2 is 2.21 bits per heavy atom. The van der Waals surface area contributed by atoms with Crippen LogP contribution >= 0.6 is 0 Å². The van der Waals surface area contributed by atoms with Crippen LogP contribution in [-0.2, 0) is 17.8 Å². The molecule has 1 atom stereocenters. The zero-order valence-corrected chi connectivity index (χ0v) is 12.1. The van der Waals surface area contributed by atoms with Gasteiger partial charge in [-0.05, 0) is 39.7 Å². The van der Waals surface area contributed by atoms with Gasteiger partial charge < -0.3 is 14.6 Å². The highest BCUT2D eigenvalue weighted by molar-refractivity contribution is 5.05. The van der Waals surface area contributed by atoms with E-state index in [4.69, 9.17) is 4.74 Å². The SMILES string of the molecule is CNCc1cnc(C)n1CC1CCC2(CCCC2)O1. The molecule has 0 aromatic carbocycles. The average Bonchev–Trinajstić information content (AvgIpc) is 3.09. The van der Waals surface area contributed by atoms with Gasteiger partial charge in [-0.2, -0.15) is 0 Å². The standard InChI is InChI=1S/C15H25N3O/c1-12-17-10-13(9-16-2)18(12)11-14-5-8-15(19-14)6-3-4-7-15/h10,14,16H,3-9,11H2,1-2H3. The number of ether oxygens (including phenoxy) is 1. The van der Waals surface area contributed by atoms with Crippen molar-refractivity contribution in [3.8, 4) is 0 Å². The Bertz CT molecular complexity index is 435. The molecule has 0 bridgehead atoms. The highest BCUT2D eigenvalue weighted by Gasteiger charge is 2.42. The number of hydrogen-bond donors (Lipinski definition) is 1. The van der Waals surface area contributed by atoms with Crippen molar-refractivity contribution < 1.29 is 4.74 Å². The topological polar surface area (TPSA) is 39.1 Å². The van der Waals surface area contributed by atoms with Crippen LogP contribution in [0.4, 0.5) is 0 Å². The molecule has 2 heterocycles. The maximum atomic E-state index is 6.40. The third kappa shape index (κ3) is 2.56. The van der Waals surface area contributed by atoms with Crippen LogP contribution in [0.2, 0.25) is 0 Å². The molecule has 19 heavy (non-hydrogen) atoms. The minimum Gasteiger partial charge on any atom is -0.370 e. The average molecular weight is 263 g/mol. The van der Waals surface area contributed by atoms with Gasteiger partial charge in [0.25, 0.3) is 0 Å². The molecule has 1 aromatic heterocycles. The van der Waals surface area contributed by atoms with Crippen LogP contribution in [-0.4, -0.2) is 28.3 Å². The molecule has 0 radical (unpaired) electrons. The number of nitrogens with one attached hydrogen (secondary N) is 1. The van der Waals surface area contributed by atoms with Gasteiger partial charge in [0, 0.05) is 12.7 Å². The predicted octanol–water partition coefficient (Wildman–Crippen LogP) is 2.40. The predicted molar refractivity (Wildman–Crippen MR) is 75.0 cm³/mol. The van der Waals surface area contributed by atoms with Gasteiger partial charge in [0.2, 0.25) is 0 Å². The van der Waals surface area contributed by atoms with Crippen molar-refractivity contribution >= 4 is 0 Å². The first-order valence-corrected chi connectivity index (χ1v) is 7.56. The molecule has 1 aliphatic heterocycles. The zero-order chi connectivity index (χ0) is 13.3. The molecule has 4 nitrogen and oxygen atoms in total. The first kappa shape index (κ1) is 13.1. The molecule has 0 amide bonds. The van der Waals surface area contributed by atoms with E-state index in [0.717, 1.165) is 18.9 Å². The van der Waals surface area contributed by atoms with Gasteiger partial charge in [0.1, 0.15) is 5.82 Å². The lowest BCUT2D eigenvalue weighted by Crippen LogP contribution is -2.27. The molecule has 1 aromatic rings. The second-order valence-electron chi connectivity index (χ2n) is 6.11. The summed E-state index contributed by atoms with van der Waals surface area (Å²) in [4.78, 5) is 4.43. The summed E-state index contributed by atoms with van der Waals surface area (Å²) >= 11 is 0. The maximum Gasteiger partial charge on any atom is 0.105 e. The van der Waals surface area contributed by atoms with Crippen molar-refractivity contribution in [3.63, 3.8) is 0 Å². The second-order valence-corrected chi connectivity index (χ2v) is 6.11. The Morgan fingerprint density at radius 1 is 1.42 bits per heavy atom. The van der Waals surface area contributed by atoms with Gasteiger partial charge in [0.05, 0.1) is 23.9 Å². The molecule has 1 unspecified atom stereocenters. The molecule has 2 aliphatic rings. The molecule has 4 heteroatoms. The van der Waals surface area contributed by atoms with Crippen LogP contribution < -0.4 is 5.32 Å². The van der Waals surface area contributed by atoms with Crippen molar-refractivity contribution in [1.82, 2.24) is 14.9 Å². The molecule has 1 spiro atoms. The lowest BCUT2D eigenvalue weighted by molar-refractivity contribution is -0.0422. The summed E-state index contributed by atoms with van der Waals surface area (Å²) in [5.74, 6) is 1.10. The van der Waals surface area contributed by atoms with Gasteiger partial charge in [-0.25, -0.2) is 4.98 Å². The number of rotatable bonds is 4.